The zero-order valence-corrected chi connectivity index (χ0v) is 38.4. The molecule has 1 fully saturated rings. The molecule has 1 heterocycles. The molecule has 1 atom stereocenters. The number of hydrogen-bond acceptors (Lipinski definition) is 3. The number of likely N-dealkylation sites (N-methyl/N-ethyl adjacent to an activating group) is 1. The fourth-order valence-corrected chi connectivity index (χ4v) is 26.5. The Kier molecular flexibility index (Phi) is 2.57. The fourth-order valence-electron chi connectivity index (χ4n) is 26.5. The fraction of sp³-hybridized carbons (Fsp3) is 0.0986. The molecular formula is C71H16N2O. The monoisotopic (exact) mass is 912 g/mol. The zero-order chi connectivity index (χ0) is 44.5. The van der Waals surface area contributed by atoms with Crippen LogP contribution in [0.15, 0.2) is 24.3 Å². The normalized spacial score (nSPS) is 23.2. The van der Waals surface area contributed by atoms with Crippen molar-refractivity contribution in [2.75, 3.05) is 26.7 Å². The van der Waals surface area contributed by atoms with Crippen LogP contribution in [0.5, 0.6) is 5.75 Å². The highest BCUT2D eigenvalue weighted by Gasteiger charge is 2.75. The summed E-state index contributed by atoms with van der Waals surface area (Å²) in [6, 6.07) is 9.65. The predicted octanol–water partition coefficient (Wildman–Crippen LogP) is 17.3. The standard InChI is InChI=1S/C71H16N2O/c1-73-8-70-65-57-49-39-29-21-13-11-12-15-19-17(13)25-33-27(19)37-31-23(15)24-16(12)20-18-14(11)22(21)30-36-26(18)34-28(20)38-32(24)42-41(31)53-47(37)55-45(33)51(43(49)35(25)29)59(65)61(55)67-63(53)64-54(42)48(38)56-46(34)52-44(36)50(40(30)39)58(57)66(70)60(52)62(56)68(64)71(67,70)69(73)9-2-4-10(5-3-9)74-7-6-72/h2-5,69H,6-8,72H2,1H3. The lowest BCUT2D eigenvalue weighted by Gasteiger charge is -2.52. The lowest BCUT2D eigenvalue weighted by molar-refractivity contribution is 0.271. The summed E-state index contributed by atoms with van der Waals surface area (Å²) in [6.07, 6.45) is 0. The summed E-state index contributed by atoms with van der Waals surface area (Å²) in [5, 5.41) is 89.6. The van der Waals surface area contributed by atoms with Crippen molar-refractivity contribution in [3.05, 3.63) is 52.1 Å². The van der Waals surface area contributed by atoms with Crippen molar-refractivity contribution in [3.8, 4) is 5.75 Å². The van der Waals surface area contributed by atoms with Crippen LogP contribution in [-0.4, -0.2) is 31.6 Å². The number of rotatable bonds is 4. The third-order valence-corrected chi connectivity index (χ3v) is 26.5. The molecule has 0 amide bonds. The zero-order valence-electron chi connectivity index (χ0n) is 38.4. The molecule has 5 aliphatic rings. The first-order valence-electron chi connectivity index (χ1n) is 27.7. The summed E-state index contributed by atoms with van der Waals surface area (Å²) in [5.41, 5.74) is 13.8. The van der Waals surface area contributed by atoms with Gasteiger partial charge in [0.05, 0.1) is 10.8 Å². The van der Waals surface area contributed by atoms with Crippen molar-refractivity contribution in [2.24, 2.45) is 5.73 Å². The van der Waals surface area contributed by atoms with E-state index in [2.05, 4.69) is 36.2 Å². The smallest absolute Gasteiger partial charge is 0.119 e. The Bertz CT molecular complexity index is 7300. The van der Waals surface area contributed by atoms with Gasteiger partial charge in [-0.25, -0.2) is 0 Å². The van der Waals surface area contributed by atoms with Gasteiger partial charge in [0.15, 0.2) is 0 Å². The third-order valence-electron chi connectivity index (χ3n) is 26.5. The van der Waals surface area contributed by atoms with E-state index in [-0.39, 0.29) is 16.9 Å². The highest BCUT2D eigenvalue weighted by molar-refractivity contribution is 6.82. The molecule has 29 aromatic rings. The molecule has 3 heteroatoms. The summed E-state index contributed by atoms with van der Waals surface area (Å²) in [6.45, 7) is 2.06. The van der Waals surface area contributed by atoms with E-state index in [0.717, 1.165) is 12.3 Å². The number of likely N-dealkylation sites (tertiary alicyclic amines) is 1. The maximum Gasteiger partial charge on any atom is 0.119 e. The minimum Gasteiger partial charge on any atom is -0.492 e. The first kappa shape index (κ1) is 28.6. The number of hydrogen-bond donors (Lipinski definition) is 1. The van der Waals surface area contributed by atoms with Gasteiger partial charge in [0, 0.05) is 19.1 Å². The third kappa shape index (κ3) is 1.56. The summed E-state index contributed by atoms with van der Waals surface area (Å²) in [4.78, 5) is 2.92. The Morgan fingerprint density at radius 2 is 0.554 bits per heavy atom. The Balaban J connectivity index is 1.10. The van der Waals surface area contributed by atoms with Crippen molar-refractivity contribution in [1.82, 2.24) is 4.90 Å². The molecule has 0 radical (unpaired) electrons. The van der Waals surface area contributed by atoms with Gasteiger partial charge in [0.2, 0.25) is 0 Å². The molecule has 0 aromatic heterocycles. The average molecular weight is 913 g/mol. The molecule has 1 aliphatic heterocycles. The van der Waals surface area contributed by atoms with E-state index in [9.17, 15) is 0 Å². The predicted molar refractivity (Wildman–Crippen MR) is 310 cm³/mol. The largest absolute Gasteiger partial charge is 0.492 e. The number of ether oxygens (including phenoxy) is 1. The Morgan fingerprint density at radius 1 is 0.338 bits per heavy atom. The van der Waals surface area contributed by atoms with E-state index >= 15 is 0 Å². The summed E-state index contributed by atoms with van der Waals surface area (Å²) < 4.78 is 6.30. The second kappa shape index (κ2) is 6.64. The second-order valence-electron chi connectivity index (χ2n) is 27.0. The van der Waals surface area contributed by atoms with Crippen LogP contribution in [0.25, 0.3) is 291 Å². The molecule has 316 valence electrons. The average Bonchev–Trinajstić information content (AvgIpc) is 2.50. The van der Waals surface area contributed by atoms with Gasteiger partial charge in [0.25, 0.3) is 0 Å². The quantitative estimate of drug-likeness (QED) is 0.179. The molecule has 74 heavy (non-hydrogen) atoms. The van der Waals surface area contributed by atoms with Crippen LogP contribution >= 0.6 is 0 Å². The number of benzene rings is 19. The van der Waals surface area contributed by atoms with E-state index < -0.39 is 0 Å². The Hall–Kier alpha value is -8.60. The first-order valence-corrected chi connectivity index (χ1v) is 27.7. The molecule has 2 N–H and O–H groups in total. The van der Waals surface area contributed by atoms with Crippen LogP contribution in [0.4, 0.5) is 0 Å². The summed E-state index contributed by atoms with van der Waals surface area (Å²) in [7, 11) is 2.55. The molecule has 4 aliphatic carbocycles. The molecule has 2 spiro atoms. The molecule has 34 rings (SSSR count). The van der Waals surface area contributed by atoms with Crippen LogP contribution in [0.3, 0.4) is 0 Å². The van der Waals surface area contributed by atoms with Gasteiger partial charge in [-0.1, -0.05) is 12.1 Å². The Morgan fingerprint density at radius 3 is 0.784 bits per heavy atom. The van der Waals surface area contributed by atoms with Gasteiger partial charge in [-0.15, -0.1) is 0 Å². The summed E-state index contributed by atoms with van der Waals surface area (Å²) >= 11 is 0. The van der Waals surface area contributed by atoms with Gasteiger partial charge in [-0.05, 0) is 338 Å². The molecule has 0 saturated carbocycles. The van der Waals surface area contributed by atoms with Crippen LogP contribution in [-0.2, 0) is 10.8 Å². The van der Waals surface area contributed by atoms with E-state index in [4.69, 9.17) is 10.5 Å². The van der Waals surface area contributed by atoms with E-state index in [1.807, 2.05) is 0 Å². The molecular weight excluding hydrogens is 897 g/mol. The molecule has 0 bridgehead atoms. The van der Waals surface area contributed by atoms with Gasteiger partial charge < -0.3 is 10.5 Å². The molecule has 29 aromatic carbocycles. The minimum atomic E-state index is -0.354. The van der Waals surface area contributed by atoms with Crippen molar-refractivity contribution in [2.45, 2.75) is 16.9 Å². The van der Waals surface area contributed by atoms with Gasteiger partial charge in [-0.3, -0.25) is 4.90 Å². The van der Waals surface area contributed by atoms with Crippen LogP contribution in [0, 0.1) is 0 Å². The Labute approximate surface area is 405 Å². The summed E-state index contributed by atoms with van der Waals surface area (Å²) in [5.74, 6) is 0.924. The van der Waals surface area contributed by atoms with Gasteiger partial charge in [0.1, 0.15) is 12.4 Å². The lowest BCUT2D eigenvalue weighted by Crippen LogP contribution is -2.51. The molecule has 1 unspecified atom stereocenters. The van der Waals surface area contributed by atoms with Crippen LogP contribution in [0.1, 0.15) is 33.9 Å². The van der Waals surface area contributed by atoms with Crippen LogP contribution in [0.2, 0.25) is 0 Å². The highest BCUT2D eigenvalue weighted by atomic mass is 16.5. The van der Waals surface area contributed by atoms with E-state index in [1.54, 1.807) is 313 Å². The van der Waals surface area contributed by atoms with E-state index in [1.165, 1.54) is 5.56 Å². The highest BCUT2D eigenvalue weighted by Crippen LogP contribution is 2.87. The van der Waals surface area contributed by atoms with Gasteiger partial charge in [-0.2, -0.15) is 0 Å². The maximum atomic E-state index is 6.30. The van der Waals surface area contributed by atoms with Crippen molar-refractivity contribution >= 4 is 291 Å². The topological polar surface area (TPSA) is 38.5 Å². The van der Waals surface area contributed by atoms with Crippen molar-refractivity contribution < 1.29 is 4.74 Å². The van der Waals surface area contributed by atoms with Crippen molar-refractivity contribution in [1.29, 1.82) is 0 Å². The number of nitrogens with two attached hydrogens (primary N) is 1. The minimum absolute atomic E-state index is 0.113. The second-order valence-corrected chi connectivity index (χ2v) is 27.0. The number of nitrogens with zero attached hydrogens (tertiary/aromatic N) is 1. The lowest BCUT2D eigenvalue weighted by atomic mass is 9.47. The van der Waals surface area contributed by atoms with Crippen LogP contribution < -0.4 is 10.5 Å². The maximum absolute atomic E-state index is 6.30. The first-order chi connectivity index (χ1) is 36.8. The SMILES string of the molecule is CN1CC23c4c5c6c7c8c9c(c%10c%11c2c2c4c4c%12c5c5c6c6c8c8c%13c9c9c%10c%10c%11c%11c2c2c4c4c%12c%12c5c5c6c8c6c8c%13c9c9c%10c%10c%11c2c2c4c4c%12c5c6c5c8c9c%10c2c45)C73C1c1ccc(OCCN)cc1. The molecule has 3 nitrogen and oxygen atoms in total. The van der Waals surface area contributed by atoms with Crippen molar-refractivity contribution in [3.63, 3.8) is 0 Å². The van der Waals surface area contributed by atoms with Gasteiger partial charge >= 0.3 is 0 Å². The molecule has 1 saturated heterocycles. The van der Waals surface area contributed by atoms with E-state index in [0.29, 0.717) is 13.2 Å².